The maximum atomic E-state index is 12.6. The van der Waals surface area contributed by atoms with Crippen LogP contribution in [0.1, 0.15) is 116 Å². The average molecular weight is 679 g/mol. The Labute approximate surface area is 279 Å². The number of hydrogen-bond donors (Lipinski definition) is 9. The number of hydrogen-bond acceptors (Lipinski definition) is 12. The van der Waals surface area contributed by atoms with Crippen molar-refractivity contribution in [1.29, 1.82) is 0 Å². The number of aliphatic hydroxyl groups is 8. The summed E-state index contributed by atoms with van der Waals surface area (Å²) in [5, 5.41) is 93.1. The Bertz CT molecular complexity index is 888. The summed E-state index contributed by atoms with van der Waals surface area (Å²) in [6, 6.07) is 0. The van der Waals surface area contributed by atoms with Gasteiger partial charge in [0.25, 0.3) is 0 Å². The first-order valence-electron chi connectivity index (χ1n) is 17.7. The number of unbranched alkanes of at least 4 members (excludes halogenated alkanes) is 14. The molecule has 9 N–H and O–H groups in total. The van der Waals surface area contributed by atoms with E-state index in [1.54, 1.807) is 0 Å². The van der Waals surface area contributed by atoms with Crippen LogP contribution in [0.5, 0.6) is 0 Å². The maximum Gasteiger partial charge on any atom is 0.312 e. The Hall–Kier alpha value is -1.23. The Morgan fingerprint density at radius 3 is 1.64 bits per heavy atom. The Kier molecular flexibility index (Phi) is 19.4. The molecule has 0 aromatic carbocycles. The van der Waals surface area contributed by atoms with Gasteiger partial charge in [-0.25, -0.2) is 0 Å². The fourth-order valence-corrected chi connectivity index (χ4v) is 6.58. The highest BCUT2D eigenvalue weighted by Crippen LogP contribution is 2.45. The maximum absolute atomic E-state index is 12.6. The molecular formula is C34H62O13. The van der Waals surface area contributed by atoms with Crippen molar-refractivity contribution >= 4 is 5.97 Å². The van der Waals surface area contributed by atoms with Gasteiger partial charge in [-0.15, -0.1) is 0 Å². The van der Waals surface area contributed by atoms with Crippen LogP contribution in [0, 0.1) is 5.92 Å². The van der Waals surface area contributed by atoms with Gasteiger partial charge in [-0.1, -0.05) is 96.1 Å². The van der Waals surface area contributed by atoms with E-state index in [-0.39, 0.29) is 6.42 Å². The molecule has 0 bridgehead atoms. The molecule has 0 amide bonds. The van der Waals surface area contributed by atoms with Crippen molar-refractivity contribution in [2.24, 2.45) is 5.92 Å². The number of allylic oxidation sites excluding steroid dienone is 2. The molecule has 0 spiro atoms. The van der Waals surface area contributed by atoms with Gasteiger partial charge in [-0.05, 0) is 32.1 Å². The number of carboxylic acid groups (broad SMARTS) is 1. The molecule has 2 heterocycles. The third-order valence-electron chi connectivity index (χ3n) is 9.51. The minimum absolute atomic E-state index is 0.137. The van der Waals surface area contributed by atoms with Gasteiger partial charge < -0.3 is 60.2 Å². The molecule has 0 aromatic rings. The van der Waals surface area contributed by atoms with Gasteiger partial charge in [-0.3, -0.25) is 4.79 Å². The van der Waals surface area contributed by atoms with E-state index in [4.69, 9.17) is 14.2 Å². The van der Waals surface area contributed by atoms with Crippen LogP contribution in [-0.2, 0) is 19.0 Å². The molecule has 47 heavy (non-hydrogen) atoms. The molecule has 2 fully saturated rings. The summed E-state index contributed by atoms with van der Waals surface area (Å²) in [6.45, 7) is -0.620. The molecule has 13 nitrogen and oxygen atoms in total. The van der Waals surface area contributed by atoms with Crippen molar-refractivity contribution in [1.82, 2.24) is 0 Å². The first-order valence-corrected chi connectivity index (χ1v) is 17.7. The topological polar surface area (TPSA) is 227 Å². The molecule has 10 atom stereocenters. The zero-order valence-corrected chi connectivity index (χ0v) is 28.1. The number of aliphatic carboxylic acids is 1. The third-order valence-corrected chi connectivity index (χ3v) is 9.51. The van der Waals surface area contributed by atoms with Gasteiger partial charge in [0.1, 0.15) is 55.3 Å². The second-order valence-corrected chi connectivity index (χ2v) is 13.2. The van der Waals surface area contributed by atoms with Crippen LogP contribution in [0.3, 0.4) is 0 Å². The molecule has 0 radical (unpaired) electrons. The molecule has 276 valence electrons. The summed E-state index contributed by atoms with van der Waals surface area (Å²) >= 11 is 0. The zero-order valence-electron chi connectivity index (χ0n) is 28.1. The first kappa shape index (κ1) is 41.9. The Morgan fingerprint density at radius 2 is 1.17 bits per heavy atom. The Balaban J connectivity index is 1.90. The molecule has 2 unspecified atom stereocenters. The van der Waals surface area contributed by atoms with Crippen LogP contribution in [0.2, 0.25) is 0 Å². The van der Waals surface area contributed by atoms with Crippen LogP contribution < -0.4 is 0 Å². The SMILES string of the molecule is CCCCCCCC/C=C/CCCCCCCCCCC(C(=O)O)[C@@]1(OC2(CO)O[C@H](CO)[C@@H](O)[C@@H]2O)O[C@H](CO)[C@@H](O)[C@H](O)[C@H]1O. The van der Waals surface area contributed by atoms with E-state index < -0.39 is 86.0 Å². The molecule has 2 saturated heterocycles. The lowest BCUT2D eigenvalue weighted by molar-refractivity contribution is -0.445. The van der Waals surface area contributed by atoms with Crippen molar-refractivity contribution < 1.29 is 65.0 Å². The van der Waals surface area contributed by atoms with E-state index in [2.05, 4.69) is 19.1 Å². The van der Waals surface area contributed by atoms with E-state index in [1.165, 1.54) is 38.5 Å². The molecule has 13 heteroatoms. The van der Waals surface area contributed by atoms with Gasteiger partial charge in [0.15, 0.2) is 0 Å². The summed E-state index contributed by atoms with van der Waals surface area (Å²) in [5.41, 5.74) is 0. The number of carbonyl (C=O) groups is 1. The number of ether oxygens (including phenoxy) is 3. The van der Waals surface area contributed by atoms with Crippen molar-refractivity contribution in [3.8, 4) is 0 Å². The van der Waals surface area contributed by atoms with E-state index in [0.717, 1.165) is 51.4 Å². The molecule has 0 aromatic heterocycles. The van der Waals surface area contributed by atoms with Crippen LogP contribution >= 0.6 is 0 Å². The van der Waals surface area contributed by atoms with Crippen molar-refractivity contribution in [3.05, 3.63) is 12.2 Å². The number of carboxylic acids is 1. The minimum Gasteiger partial charge on any atom is -0.481 e. The van der Waals surface area contributed by atoms with E-state index in [1.807, 2.05) is 0 Å². The van der Waals surface area contributed by atoms with E-state index >= 15 is 0 Å². The lowest BCUT2D eigenvalue weighted by atomic mass is 9.81. The van der Waals surface area contributed by atoms with E-state index in [9.17, 15) is 50.8 Å². The second-order valence-electron chi connectivity index (χ2n) is 13.2. The smallest absolute Gasteiger partial charge is 0.312 e. The number of aliphatic hydroxyl groups excluding tert-OH is 8. The van der Waals surface area contributed by atoms with Crippen LogP contribution in [-0.4, -0.2) is 126 Å². The molecule has 2 aliphatic rings. The number of rotatable bonds is 25. The van der Waals surface area contributed by atoms with Crippen molar-refractivity contribution in [2.75, 3.05) is 19.8 Å². The van der Waals surface area contributed by atoms with Gasteiger partial charge in [-0.2, -0.15) is 0 Å². The predicted octanol–water partition coefficient (Wildman–Crippen LogP) is 1.88. The first-order chi connectivity index (χ1) is 22.5. The summed E-state index contributed by atoms with van der Waals surface area (Å²) in [7, 11) is 0. The largest absolute Gasteiger partial charge is 0.481 e. The van der Waals surface area contributed by atoms with Gasteiger partial charge in [0.2, 0.25) is 11.6 Å². The van der Waals surface area contributed by atoms with Gasteiger partial charge >= 0.3 is 5.97 Å². The van der Waals surface area contributed by atoms with Crippen molar-refractivity contribution in [3.63, 3.8) is 0 Å². The third kappa shape index (κ3) is 11.7. The zero-order chi connectivity index (χ0) is 34.9. The fourth-order valence-electron chi connectivity index (χ4n) is 6.58. The summed E-state index contributed by atoms with van der Waals surface area (Å²) in [5.74, 6) is -8.56. The quantitative estimate of drug-likeness (QED) is 0.0497. The van der Waals surface area contributed by atoms with Gasteiger partial charge in [0, 0.05) is 0 Å². The molecule has 2 rings (SSSR count). The van der Waals surface area contributed by atoms with Crippen LogP contribution in [0.25, 0.3) is 0 Å². The Morgan fingerprint density at radius 1 is 0.681 bits per heavy atom. The lowest BCUT2D eigenvalue weighted by Crippen LogP contribution is -2.72. The summed E-state index contributed by atoms with van der Waals surface area (Å²) in [4.78, 5) is 12.6. The standard InChI is InChI=1S/C34H62O13/c1-2-3-4-5-6-7-8-9-10-11-12-13-14-15-16-17-18-19-20-24(32(43)44)34(31(42)29(40)27(38)25(21-35)46-34)47-33(23-37)30(41)28(39)26(22-36)45-33/h9-10,24-31,35-42H,2-8,11-23H2,1H3,(H,43,44)/b10-9+/t24?,25-,26-,27-,28-,29+,30+,31-,33?,34+/m1/s1. The molecule has 0 saturated carbocycles. The predicted molar refractivity (Wildman–Crippen MR) is 172 cm³/mol. The molecule has 2 aliphatic heterocycles. The van der Waals surface area contributed by atoms with Crippen LogP contribution in [0.4, 0.5) is 0 Å². The van der Waals surface area contributed by atoms with Gasteiger partial charge in [0.05, 0.1) is 13.2 Å². The highest BCUT2D eigenvalue weighted by Gasteiger charge is 2.66. The molecule has 0 aliphatic carbocycles. The average Bonchev–Trinajstić information content (AvgIpc) is 3.30. The van der Waals surface area contributed by atoms with Crippen molar-refractivity contribution in [2.45, 2.75) is 170 Å². The summed E-state index contributed by atoms with van der Waals surface area (Å²) < 4.78 is 17.0. The van der Waals surface area contributed by atoms with E-state index in [0.29, 0.717) is 12.8 Å². The highest BCUT2D eigenvalue weighted by molar-refractivity contribution is 5.71. The normalized spacial score (nSPS) is 33.5. The fraction of sp³-hybridized carbons (Fsp3) is 0.912. The highest BCUT2D eigenvalue weighted by atomic mass is 16.8. The lowest BCUT2D eigenvalue weighted by Gasteiger charge is -2.53. The second kappa shape index (κ2) is 21.8. The minimum atomic E-state index is -2.74. The monoisotopic (exact) mass is 678 g/mol. The summed E-state index contributed by atoms with van der Waals surface area (Å²) in [6.07, 6.45) is 8.81. The van der Waals surface area contributed by atoms with Crippen LogP contribution in [0.15, 0.2) is 12.2 Å². The molecular weight excluding hydrogens is 616 g/mol.